The van der Waals surface area contributed by atoms with Crippen LogP contribution in [0.1, 0.15) is 15.9 Å². The van der Waals surface area contributed by atoms with Crippen LogP contribution in [0, 0.1) is 0 Å². The fraction of sp³-hybridized carbons (Fsp3) is 0.0667. The van der Waals surface area contributed by atoms with Crippen molar-refractivity contribution in [1.29, 1.82) is 0 Å². The number of aliphatic carboxylic acids is 1. The third-order valence-electron chi connectivity index (χ3n) is 2.53. The number of hydrogen-bond acceptors (Lipinski definition) is 3. The molecule has 1 N–H and O–H groups in total. The first-order valence-electron chi connectivity index (χ1n) is 5.74. The SMILES string of the molecule is O=C(O)Cc1ccccc1OC(=O)c1ccccc1. The molecule has 2 aromatic carbocycles. The van der Waals surface area contributed by atoms with Gasteiger partial charge in [-0.15, -0.1) is 0 Å². The minimum absolute atomic E-state index is 0.182. The molecule has 4 nitrogen and oxygen atoms in total. The lowest BCUT2D eigenvalue weighted by molar-refractivity contribution is -0.136. The Bertz CT molecular complexity index is 590. The number of ether oxygens (including phenoxy) is 1. The average molecular weight is 256 g/mol. The lowest BCUT2D eigenvalue weighted by Gasteiger charge is -2.08. The quantitative estimate of drug-likeness (QED) is 0.674. The van der Waals surface area contributed by atoms with Gasteiger partial charge in [0.1, 0.15) is 5.75 Å². The van der Waals surface area contributed by atoms with Crippen LogP contribution in [-0.4, -0.2) is 17.0 Å². The molecule has 0 heterocycles. The molecule has 0 aliphatic rings. The molecule has 19 heavy (non-hydrogen) atoms. The predicted molar refractivity (Wildman–Crippen MR) is 69.2 cm³/mol. The molecule has 96 valence electrons. The summed E-state index contributed by atoms with van der Waals surface area (Å²) >= 11 is 0. The van der Waals surface area contributed by atoms with Crippen molar-refractivity contribution in [2.45, 2.75) is 6.42 Å². The zero-order valence-electron chi connectivity index (χ0n) is 10.1. The highest BCUT2D eigenvalue weighted by molar-refractivity contribution is 5.91. The van der Waals surface area contributed by atoms with Crippen molar-refractivity contribution in [3.05, 3.63) is 65.7 Å². The van der Waals surface area contributed by atoms with Gasteiger partial charge in [0.15, 0.2) is 0 Å². The molecule has 0 atom stereocenters. The van der Waals surface area contributed by atoms with Gasteiger partial charge in [0.2, 0.25) is 0 Å². The first-order valence-corrected chi connectivity index (χ1v) is 5.74. The number of carboxylic acid groups (broad SMARTS) is 1. The Morgan fingerprint density at radius 1 is 0.947 bits per heavy atom. The number of esters is 1. The smallest absolute Gasteiger partial charge is 0.343 e. The Morgan fingerprint density at radius 2 is 1.58 bits per heavy atom. The van der Waals surface area contributed by atoms with Crippen LogP contribution >= 0.6 is 0 Å². The van der Waals surface area contributed by atoms with E-state index in [0.717, 1.165) is 0 Å². The molecule has 2 aromatic rings. The fourth-order valence-electron chi connectivity index (χ4n) is 1.65. The summed E-state index contributed by atoms with van der Waals surface area (Å²) in [5, 5.41) is 8.80. The van der Waals surface area contributed by atoms with E-state index in [1.54, 1.807) is 54.6 Å². The number of para-hydroxylation sites is 1. The van der Waals surface area contributed by atoms with Gasteiger partial charge in [-0.25, -0.2) is 4.79 Å². The minimum atomic E-state index is -0.969. The summed E-state index contributed by atoms with van der Waals surface area (Å²) < 4.78 is 5.23. The summed E-state index contributed by atoms with van der Waals surface area (Å²) in [5.74, 6) is -1.19. The molecule has 0 aliphatic heterocycles. The van der Waals surface area contributed by atoms with Crippen LogP contribution in [0.2, 0.25) is 0 Å². The number of carboxylic acids is 1. The first-order chi connectivity index (χ1) is 9.16. The lowest BCUT2D eigenvalue weighted by atomic mass is 10.1. The Kier molecular flexibility index (Phi) is 3.93. The number of benzene rings is 2. The highest BCUT2D eigenvalue weighted by Gasteiger charge is 2.12. The topological polar surface area (TPSA) is 63.6 Å². The van der Waals surface area contributed by atoms with Crippen LogP contribution in [0.15, 0.2) is 54.6 Å². The first kappa shape index (κ1) is 12.8. The molecule has 0 spiro atoms. The molecule has 0 amide bonds. The van der Waals surface area contributed by atoms with Crippen LogP contribution < -0.4 is 4.74 Å². The number of carbonyl (C=O) groups excluding carboxylic acids is 1. The van der Waals surface area contributed by atoms with Crippen LogP contribution in [0.4, 0.5) is 0 Å². The van der Waals surface area contributed by atoms with Crippen LogP contribution in [-0.2, 0) is 11.2 Å². The Balaban J connectivity index is 2.19. The van der Waals surface area contributed by atoms with E-state index in [9.17, 15) is 9.59 Å². The van der Waals surface area contributed by atoms with Crippen molar-refractivity contribution in [2.75, 3.05) is 0 Å². The molecule has 0 saturated heterocycles. The number of rotatable bonds is 4. The van der Waals surface area contributed by atoms with Gasteiger partial charge in [-0.2, -0.15) is 0 Å². The number of carbonyl (C=O) groups is 2. The maximum Gasteiger partial charge on any atom is 0.343 e. The summed E-state index contributed by atoms with van der Waals surface area (Å²) in [7, 11) is 0. The van der Waals surface area contributed by atoms with Crippen LogP contribution in [0.25, 0.3) is 0 Å². The van der Waals surface area contributed by atoms with E-state index in [1.807, 2.05) is 0 Å². The van der Waals surface area contributed by atoms with Gasteiger partial charge in [-0.1, -0.05) is 36.4 Å². The Morgan fingerprint density at radius 3 is 2.26 bits per heavy atom. The van der Waals surface area contributed by atoms with Crippen molar-refractivity contribution in [3.8, 4) is 5.75 Å². The molecule has 0 aromatic heterocycles. The van der Waals surface area contributed by atoms with Crippen molar-refractivity contribution >= 4 is 11.9 Å². The van der Waals surface area contributed by atoms with Crippen LogP contribution in [0.3, 0.4) is 0 Å². The zero-order chi connectivity index (χ0) is 13.7. The number of hydrogen-bond donors (Lipinski definition) is 1. The molecule has 0 saturated carbocycles. The van der Waals surface area contributed by atoms with E-state index in [2.05, 4.69) is 0 Å². The Hall–Kier alpha value is -2.62. The monoisotopic (exact) mass is 256 g/mol. The molecular formula is C15H12O4. The van der Waals surface area contributed by atoms with Gasteiger partial charge in [-0.05, 0) is 18.2 Å². The van der Waals surface area contributed by atoms with E-state index >= 15 is 0 Å². The van der Waals surface area contributed by atoms with Gasteiger partial charge >= 0.3 is 11.9 Å². The maximum absolute atomic E-state index is 11.9. The van der Waals surface area contributed by atoms with Crippen LogP contribution in [0.5, 0.6) is 5.75 Å². The summed E-state index contributed by atoms with van der Waals surface area (Å²) in [5.41, 5.74) is 0.895. The van der Waals surface area contributed by atoms with E-state index in [0.29, 0.717) is 11.1 Å². The lowest BCUT2D eigenvalue weighted by Crippen LogP contribution is -2.11. The van der Waals surface area contributed by atoms with Crippen molar-refractivity contribution < 1.29 is 19.4 Å². The molecule has 2 rings (SSSR count). The van der Waals surface area contributed by atoms with Crippen molar-refractivity contribution in [2.24, 2.45) is 0 Å². The van der Waals surface area contributed by atoms with E-state index in [4.69, 9.17) is 9.84 Å². The maximum atomic E-state index is 11.9. The second-order valence-corrected chi connectivity index (χ2v) is 3.93. The molecule has 0 aliphatic carbocycles. The van der Waals surface area contributed by atoms with Gasteiger partial charge < -0.3 is 9.84 Å². The van der Waals surface area contributed by atoms with E-state index in [-0.39, 0.29) is 12.2 Å². The molecule has 0 unspecified atom stereocenters. The summed E-state index contributed by atoms with van der Waals surface area (Å²) in [6, 6.07) is 15.2. The van der Waals surface area contributed by atoms with Gasteiger partial charge in [0.25, 0.3) is 0 Å². The molecule has 0 radical (unpaired) electrons. The van der Waals surface area contributed by atoms with E-state index < -0.39 is 11.9 Å². The largest absolute Gasteiger partial charge is 0.481 e. The van der Waals surface area contributed by atoms with Crippen molar-refractivity contribution in [3.63, 3.8) is 0 Å². The third-order valence-corrected chi connectivity index (χ3v) is 2.53. The normalized spacial score (nSPS) is 9.89. The van der Waals surface area contributed by atoms with Gasteiger partial charge in [0.05, 0.1) is 12.0 Å². The zero-order valence-corrected chi connectivity index (χ0v) is 10.1. The molecule has 4 heteroatoms. The van der Waals surface area contributed by atoms with Gasteiger partial charge in [-0.3, -0.25) is 4.79 Å². The summed E-state index contributed by atoms with van der Waals surface area (Å²) in [6.07, 6.45) is -0.182. The summed E-state index contributed by atoms with van der Waals surface area (Å²) in [6.45, 7) is 0. The fourth-order valence-corrected chi connectivity index (χ4v) is 1.65. The third kappa shape index (κ3) is 3.42. The molecule has 0 fully saturated rings. The minimum Gasteiger partial charge on any atom is -0.481 e. The van der Waals surface area contributed by atoms with E-state index in [1.165, 1.54) is 0 Å². The predicted octanol–water partition coefficient (Wildman–Crippen LogP) is 2.53. The highest BCUT2D eigenvalue weighted by Crippen LogP contribution is 2.20. The van der Waals surface area contributed by atoms with Crippen molar-refractivity contribution in [1.82, 2.24) is 0 Å². The highest BCUT2D eigenvalue weighted by atomic mass is 16.5. The average Bonchev–Trinajstić information content (AvgIpc) is 2.41. The molecular weight excluding hydrogens is 244 g/mol. The molecule has 0 bridgehead atoms. The second-order valence-electron chi connectivity index (χ2n) is 3.93. The van der Waals surface area contributed by atoms with Gasteiger partial charge in [0, 0.05) is 5.56 Å². The standard InChI is InChI=1S/C15H12O4/c16-14(17)10-12-8-4-5-9-13(12)19-15(18)11-6-2-1-3-7-11/h1-9H,10H2,(H,16,17). The Labute approximate surface area is 110 Å². The summed E-state index contributed by atoms with van der Waals surface area (Å²) in [4.78, 5) is 22.6. The second kappa shape index (κ2) is 5.82.